The summed E-state index contributed by atoms with van der Waals surface area (Å²) in [5.41, 5.74) is 1.64. The molecular weight excluding hydrogens is 427 g/mol. The molecule has 0 spiro atoms. The number of hydrogen-bond acceptors (Lipinski definition) is 5. The molecular formula is C24H27FN4O4. The fourth-order valence-corrected chi connectivity index (χ4v) is 2.85. The van der Waals surface area contributed by atoms with Crippen LogP contribution in [-0.4, -0.2) is 53.3 Å². The summed E-state index contributed by atoms with van der Waals surface area (Å²) in [7, 11) is 1.70. The lowest BCUT2D eigenvalue weighted by Crippen LogP contribution is -2.33. The maximum atomic E-state index is 12.9. The van der Waals surface area contributed by atoms with Gasteiger partial charge in [-0.3, -0.25) is 14.3 Å². The Balaban J connectivity index is 1.36. The Hall–Kier alpha value is -3.88. The van der Waals surface area contributed by atoms with Crippen molar-refractivity contribution in [3.8, 4) is 11.5 Å². The van der Waals surface area contributed by atoms with Crippen LogP contribution in [0.4, 0.5) is 10.1 Å². The molecule has 1 heterocycles. The zero-order valence-corrected chi connectivity index (χ0v) is 18.7. The molecule has 1 aromatic heterocycles. The van der Waals surface area contributed by atoms with Crippen LogP contribution in [0.1, 0.15) is 12.0 Å². The minimum Gasteiger partial charge on any atom is -0.493 e. The topological polar surface area (TPSA) is 85.7 Å². The van der Waals surface area contributed by atoms with Crippen LogP contribution in [-0.2, 0) is 16.1 Å². The van der Waals surface area contributed by atoms with E-state index in [2.05, 4.69) is 10.4 Å². The van der Waals surface area contributed by atoms with E-state index in [9.17, 15) is 14.0 Å². The molecule has 0 bridgehead atoms. The van der Waals surface area contributed by atoms with Gasteiger partial charge in [-0.1, -0.05) is 17.7 Å². The second kappa shape index (κ2) is 11.7. The third-order valence-electron chi connectivity index (χ3n) is 4.77. The van der Waals surface area contributed by atoms with Gasteiger partial charge in [0.1, 0.15) is 30.5 Å². The quantitative estimate of drug-likeness (QED) is 0.481. The van der Waals surface area contributed by atoms with Crippen molar-refractivity contribution in [1.29, 1.82) is 0 Å². The summed E-state index contributed by atoms with van der Waals surface area (Å²) in [5.74, 6) is 0.516. The highest BCUT2D eigenvalue weighted by Gasteiger charge is 2.12. The van der Waals surface area contributed by atoms with Crippen molar-refractivity contribution in [1.82, 2.24) is 14.7 Å². The number of aromatic nitrogens is 2. The predicted octanol–water partition coefficient (Wildman–Crippen LogP) is 3.28. The van der Waals surface area contributed by atoms with Gasteiger partial charge in [0.25, 0.3) is 0 Å². The van der Waals surface area contributed by atoms with Crippen LogP contribution in [0.3, 0.4) is 0 Å². The minimum atomic E-state index is -0.350. The largest absolute Gasteiger partial charge is 0.493 e. The van der Waals surface area contributed by atoms with Crippen molar-refractivity contribution in [2.75, 3.05) is 32.1 Å². The second-order valence-electron chi connectivity index (χ2n) is 7.50. The molecule has 8 nitrogen and oxygen atoms in total. The fraction of sp³-hybridized carbons (Fsp3) is 0.292. The number of amides is 2. The molecule has 1 N–H and O–H groups in total. The smallest absolute Gasteiger partial charge is 0.244 e. The Morgan fingerprint density at radius 1 is 1.03 bits per heavy atom. The third kappa shape index (κ3) is 7.95. The van der Waals surface area contributed by atoms with Crippen LogP contribution in [0.2, 0.25) is 0 Å². The first-order valence-corrected chi connectivity index (χ1v) is 10.5. The van der Waals surface area contributed by atoms with Crippen molar-refractivity contribution >= 4 is 17.5 Å². The van der Waals surface area contributed by atoms with Gasteiger partial charge in [0.15, 0.2) is 0 Å². The van der Waals surface area contributed by atoms with Crippen LogP contribution < -0.4 is 14.8 Å². The van der Waals surface area contributed by atoms with Crippen LogP contribution in [0.25, 0.3) is 0 Å². The zero-order chi connectivity index (χ0) is 23.6. The maximum Gasteiger partial charge on any atom is 0.244 e. The molecule has 3 aromatic rings. The molecule has 2 aromatic carbocycles. The Labute approximate surface area is 191 Å². The lowest BCUT2D eigenvalue weighted by molar-refractivity contribution is -0.131. The average Bonchev–Trinajstić information content (AvgIpc) is 3.22. The summed E-state index contributed by atoms with van der Waals surface area (Å²) in [6, 6.07) is 13.3. The fourth-order valence-electron chi connectivity index (χ4n) is 2.85. The van der Waals surface area contributed by atoms with E-state index in [0.717, 1.165) is 11.3 Å². The number of likely N-dealkylation sites (N-methyl/N-ethyl adjacent to an activating group) is 1. The molecule has 9 heteroatoms. The molecule has 0 aliphatic rings. The number of ether oxygens (including phenoxy) is 2. The first-order valence-electron chi connectivity index (χ1n) is 10.5. The van der Waals surface area contributed by atoms with Crippen LogP contribution in [0, 0.1) is 12.7 Å². The highest BCUT2D eigenvalue weighted by molar-refractivity contribution is 5.90. The summed E-state index contributed by atoms with van der Waals surface area (Å²) in [5, 5.41) is 6.83. The predicted molar refractivity (Wildman–Crippen MR) is 122 cm³/mol. The van der Waals surface area contributed by atoms with Gasteiger partial charge in [0, 0.05) is 13.2 Å². The number of rotatable bonds is 11. The van der Waals surface area contributed by atoms with E-state index < -0.39 is 0 Å². The van der Waals surface area contributed by atoms with Gasteiger partial charge < -0.3 is 19.7 Å². The number of carbonyl (C=O) groups is 2. The third-order valence-corrected chi connectivity index (χ3v) is 4.77. The average molecular weight is 455 g/mol. The second-order valence-corrected chi connectivity index (χ2v) is 7.50. The molecule has 0 unspecified atom stereocenters. The van der Waals surface area contributed by atoms with Crippen LogP contribution in [0.5, 0.6) is 11.5 Å². The first kappa shape index (κ1) is 23.8. The number of anilines is 1. The number of benzene rings is 2. The molecule has 0 aliphatic heterocycles. The van der Waals surface area contributed by atoms with Crippen molar-refractivity contribution in [3.63, 3.8) is 0 Å². The molecule has 0 radical (unpaired) electrons. The molecule has 0 aliphatic carbocycles. The zero-order valence-electron chi connectivity index (χ0n) is 18.7. The number of aryl methyl sites for hydroxylation is 1. The highest BCUT2D eigenvalue weighted by atomic mass is 19.1. The van der Waals surface area contributed by atoms with E-state index in [1.807, 2.05) is 31.2 Å². The first-order chi connectivity index (χ1) is 15.9. The Bertz CT molecular complexity index is 1050. The lowest BCUT2D eigenvalue weighted by atomic mass is 10.2. The van der Waals surface area contributed by atoms with E-state index in [1.54, 1.807) is 18.1 Å². The van der Waals surface area contributed by atoms with E-state index >= 15 is 0 Å². The molecule has 174 valence electrons. The number of halogens is 1. The molecule has 0 saturated heterocycles. The van der Waals surface area contributed by atoms with E-state index in [1.165, 1.54) is 35.1 Å². The van der Waals surface area contributed by atoms with Crippen LogP contribution in [0.15, 0.2) is 60.9 Å². The molecule has 0 saturated carbocycles. The van der Waals surface area contributed by atoms with Gasteiger partial charge >= 0.3 is 0 Å². The normalized spacial score (nSPS) is 10.5. The van der Waals surface area contributed by atoms with E-state index in [-0.39, 0.29) is 37.2 Å². The van der Waals surface area contributed by atoms with Gasteiger partial charge in [0.05, 0.1) is 31.5 Å². The van der Waals surface area contributed by atoms with Crippen molar-refractivity contribution in [2.45, 2.75) is 19.9 Å². The van der Waals surface area contributed by atoms with Gasteiger partial charge in [-0.05, 0) is 43.3 Å². The Morgan fingerprint density at radius 3 is 2.36 bits per heavy atom. The summed E-state index contributed by atoms with van der Waals surface area (Å²) in [6.07, 6.45) is 3.19. The van der Waals surface area contributed by atoms with E-state index in [4.69, 9.17) is 9.47 Å². The summed E-state index contributed by atoms with van der Waals surface area (Å²) >= 11 is 0. The number of nitrogens with zero attached hydrogens (tertiary/aromatic N) is 3. The molecule has 3 rings (SSSR count). The van der Waals surface area contributed by atoms with E-state index in [0.29, 0.717) is 24.6 Å². The monoisotopic (exact) mass is 454 g/mol. The molecule has 0 fully saturated rings. The summed E-state index contributed by atoms with van der Waals surface area (Å²) < 4.78 is 25.4. The van der Waals surface area contributed by atoms with Gasteiger partial charge in [-0.25, -0.2) is 4.39 Å². The Morgan fingerprint density at radius 2 is 1.67 bits per heavy atom. The molecule has 2 amide bonds. The van der Waals surface area contributed by atoms with Crippen molar-refractivity contribution < 1.29 is 23.5 Å². The van der Waals surface area contributed by atoms with Gasteiger partial charge in [-0.2, -0.15) is 5.10 Å². The SMILES string of the molecule is Cc1ccc(OCCN(C)C(=O)Cn2cc(NC(=O)CCOc3ccc(F)cc3)cn2)cc1. The lowest BCUT2D eigenvalue weighted by Gasteiger charge is -2.17. The van der Waals surface area contributed by atoms with Gasteiger partial charge in [0.2, 0.25) is 11.8 Å². The minimum absolute atomic E-state index is 0.0462. The standard InChI is InChI=1S/C24H27FN4O4/c1-18-3-7-21(8-4-18)33-14-12-28(2)24(31)17-29-16-20(15-26-29)27-23(30)11-13-32-22-9-5-19(25)6-10-22/h3-10,15-16H,11-14,17H2,1-2H3,(H,27,30). The molecule has 0 atom stereocenters. The van der Waals surface area contributed by atoms with Crippen molar-refractivity contribution in [3.05, 3.63) is 72.3 Å². The summed E-state index contributed by atoms with van der Waals surface area (Å²) in [6.45, 7) is 3.02. The van der Waals surface area contributed by atoms with Crippen molar-refractivity contribution in [2.24, 2.45) is 0 Å². The van der Waals surface area contributed by atoms with Crippen LogP contribution >= 0.6 is 0 Å². The number of nitrogens with one attached hydrogen (secondary N) is 1. The highest BCUT2D eigenvalue weighted by Crippen LogP contribution is 2.12. The molecule has 33 heavy (non-hydrogen) atoms. The summed E-state index contributed by atoms with van der Waals surface area (Å²) in [4.78, 5) is 26.1. The number of carbonyl (C=O) groups excluding carboxylic acids is 2. The number of hydrogen-bond donors (Lipinski definition) is 1. The maximum absolute atomic E-state index is 12.9. The van der Waals surface area contributed by atoms with Gasteiger partial charge in [-0.15, -0.1) is 0 Å². The Kier molecular flexibility index (Phi) is 8.40.